The maximum absolute atomic E-state index is 12.4. The number of carbonyl (C=O) groups is 1. The van der Waals surface area contributed by atoms with Crippen molar-refractivity contribution in [3.8, 4) is 5.75 Å². The Morgan fingerprint density at radius 2 is 1.85 bits per heavy atom. The Kier molecular flexibility index (Phi) is 4.01. The average Bonchev–Trinajstić information content (AvgIpc) is 3.11. The molecule has 0 fully saturated rings. The second-order valence-corrected chi connectivity index (χ2v) is 6.20. The van der Waals surface area contributed by atoms with Gasteiger partial charge in [0.15, 0.2) is 0 Å². The fourth-order valence-corrected chi connectivity index (χ4v) is 3.30. The van der Waals surface area contributed by atoms with Crippen LogP contribution in [0, 0.1) is 10.1 Å². The highest BCUT2D eigenvalue weighted by atomic mass is 16.6. The van der Waals surface area contributed by atoms with Crippen molar-refractivity contribution in [2.24, 2.45) is 0 Å². The average molecular weight is 348 g/mol. The van der Waals surface area contributed by atoms with Crippen molar-refractivity contribution in [3.05, 3.63) is 75.8 Å². The third-order valence-electron chi connectivity index (χ3n) is 4.53. The number of carbonyl (C=O) groups excluding carboxylic acids is 1. The number of non-ortho nitro benzene ring substituents is 1. The molecule has 0 unspecified atom stereocenters. The topological polar surface area (TPSA) is 81.5 Å². The number of anilines is 1. The van der Waals surface area contributed by atoms with Crippen LogP contribution in [-0.4, -0.2) is 17.4 Å². The standard InChI is InChI=1S/C20H16N2O4/c23-20(11-13-5-7-14(8-6-13)22(24)25)26-19-12-18-16(9-10-21-18)15-3-1-2-4-17(15)19/h1-8,12,21H,9-11H2. The summed E-state index contributed by atoms with van der Waals surface area (Å²) in [4.78, 5) is 22.6. The molecule has 0 radical (unpaired) electrons. The van der Waals surface area contributed by atoms with Crippen molar-refractivity contribution >= 4 is 28.1 Å². The Hall–Kier alpha value is -3.41. The zero-order valence-corrected chi connectivity index (χ0v) is 13.9. The lowest BCUT2D eigenvalue weighted by molar-refractivity contribution is -0.384. The van der Waals surface area contributed by atoms with Crippen molar-refractivity contribution in [2.45, 2.75) is 12.8 Å². The fraction of sp³-hybridized carbons (Fsp3) is 0.150. The number of hydrogen-bond donors (Lipinski definition) is 1. The minimum Gasteiger partial charge on any atom is -0.426 e. The Morgan fingerprint density at radius 1 is 1.12 bits per heavy atom. The van der Waals surface area contributed by atoms with E-state index >= 15 is 0 Å². The summed E-state index contributed by atoms with van der Waals surface area (Å²) in [6.45, 7) is 0.875. The van der Waals surface area contributed by atoms with Gasteiger partial charge in [0, 0.05) is 35.8 Å². The smallest absolute Gasteiger partial charge is 0.315 e. The third-order valence-corrected chi connectivity index (χ3v) is 4.53. The number of fused-ring (bicyclic) bond motifs is 3. The second kappa shape index (κ2) is 6.48. The molecular formula is C20H16N2O4. The first-order valence-corrected chi connectivity index (χ1v) is 8.34. The molecule has 0 spiro atoms. The number of nitro groups is 1. The highest BCUT2D eigenvalue weighted by molar-refractivity contribution is 5.97. The summed E-state index contributed by atoms with van der Waals surface area (Å²) in [7, 11) is 0. The lowest BCUT2D eigenvalue weighted by atomic mass is 10.0. The van der Waals surface area contributed by atoms with E-state index in [9.17, 15) is 14.9 Å². The molecule has 0 atom stereocenters. The molecule has 0 aromatic heterocycles. The lowest BCUT2D eigenvalue weighted by Gasteiger charge is -2.12. The zero-order valence-electron chi connectivity index (χ0n) is 13.9. The molecule has 0 saturated heterocycles. The van der Waals surface area contributed by atoms with E-state index in [4.69, 9.17) is 4.74 Å². The van der Waals surface area contributed by atoms with Gasteiger partial charge >= 0.3 is 5.97 Å². The van der Waals surface area contributed by atoms with Crippen LogP contribution in [0.2, 0.25) is 0 Å². The third kappa shape index (κ3) is 2.97. The highest BCUT2D eigenvalue weighted by Gasteiger charge is 2.18. The summed E-state index contributed by atoms with van der Waals surface area (Å²) in [5, 5.41) is 16.0. The first-order chi connectivity index (χ1) is 12.6. The quantitative estimate of drug-likeness (QED) is 0.335. The maximum atomic E-state index is 12.4. The monoisotopic (exact) mass is 348 g/mol. The number of nitrogens with zero attached hydrogens (tertiary/aromatic N) is 1. The van der Waals surface area contributed by atoms with Gasteiger partial charge in [0.1, 0.15) is 5.75 Å². The second-order valence-electron chi connectivity index (χ2n) is 6.20. The van der Waals surface area contributed by atoms with Crippen LogP contribution in [0.5, 0.6) is 5.75 Å². The predicted molar refractivity (Wildman–Crippen MR) is 98.6 cm³/mol. The van der Waals surface area contributed by atoms with E-state index in [-0.39, 0.29) is 12.1 Å². The first-order valence-electron chi connectivity index (χ1n) is 8.34. The van der Waals surface area contributed by atoms with Gasteiger partial charge in [0.25, 0.3) is 5.69 Å². The molecule has 0 aliphatic carbocycles. The highest BCUT2D eigenvalue weighted by Crippen LogP contribution is 2.37. The number of nitro benzene ring substituents is 1. The van der Waals surface area contributed by atoms with Crippen molar-refractivity contribution in [1.29, 1.82) is 0 Å². The molecule has 0 amide bonds. The van der Waals surface area contributed by atoms with Crippen molar-refractivity contribution < 1.29 is 14.5 Å². The Balaban J connectivity index is 1.58. The summed E-state index contributed by atoms with van der Waals surface area (Å²) in [5.41, 5.74) is 2.92. The van der Waals surface area contributed by atoms with Gasteiger partial charge in [-0.3, -0.25) is 14.9 Å². The van der Waals surface area contributed by atoms with Gasteiger partial charge in [-0.1, -0.05) is 36.4 Å². The van der Waals surface area contributed by atoms with Gasteiger partial charge in [-0.05, 0) is 22.9 Å². The van der Waals surface area contributed by atoms with Gasteiger partial charge in [-0.2, -0.15) is 0 Å². The number of hydrogen-bond acceptors (Lipinski definition) is 5. The molecule has 1 heterocycles. The molecule has 0 saturated carbocycles. The van der Waals surface area contributed by atoms with E-state index in [1.807, 2.05) is 30.3 Å². The molecule has 6 nitrogen and oxygen atoms in total. The van der Waals surface area contributed by atoms with Crippen LogP contribution < -0.4 is 10.1 Å². The van der Waals surface area contributed by atoms with E-state index in [0.717, 1.165) is 29.4 Å². The summed E-state index contributed by atoms with van der Waals surface area (Å²) in [5.74, 6) is 0.127. The van der Waals surface area contributed by atoms with Crippen LogP contribution in [0.1, 0.15) is 11.1 Å². The molecule has 3 aromatic carbocycles. The molecule has 3 aromatic rings. The number of esters is 1. The number of nitrogens with one attached hydrogen (secondary N) is 1. The van der Waals surface area contributed by atoms with Crippen LogP contribution in [0.25, 0.3) is 10.8 Å². The molecule has 130 valence electrons. The van der Waals surface area contributed by atoms with Gasteiger partial charge in [-0.15, -0.1) is 0 Å². The van der Waals surface area contributed by atoms with E-state index in [1.165, 1.54) is 17.7 Å². The molecule has 6 heteroatoms. The first kappa shape index (κ1) is 16.1. The van der Waals surface area contributed by atoms with Crippen LogP contribution in [-0.2, 0) is 17.6 Å². The molecule has 26 heavy (non-hydrogen) atoms. The zero-order chi connectivity index (χ0) is 18.1. The number of rotatable bonds is 4. The lowest BCUT2D eigenvalue weighted by Crippen LogP contribution is -2.11. The van der Waals surface area contributed by atoms with Crippen LogP contribution in [0.4, 0.5) is 11.4 Å². The summed E-state index contributed by atoms with van der Waals surface area (Å²) in [6.07, 6.45) is 1.00. The van der Waals surface area contributed by atoms with Gasteiger partial charge in [0.2, 0.25) is 0 Å². The van der Waals surface area contributed by atoms with Gasteiger partial charge < -0.3 is 10.1 Å². The predicted octanol–water partition coefficient (Wildman–Crippen LogP) is 3.86. The fourth-order valence-electron chi connectivity index (χ4n) is 3.30. The molecule has 1 N–H and O–H groups in total. The minimum atomic E-state index is -0.466. The molecule has 4 rings (SSSR count). The van der Waals surface area contributed by atoms with Crippen molar-refractivity contribution in [2.75, 3.05) is 11.9 Å². The molecular weight excluding hydrogens is 332 g/mol. The SMILES string of the molecule is O=C(Cc1ccc([N+](=O)[O-])cc1)Oc1cc2c(c3ccccc13)CCN2. The van der Waals surface area contributed by atoms with Crippen molar-refractivity contribution in [3.63, 3.8) is 0 Å². The molecule has 0 bridgehead atoms. The Morgan fingerprint density at radius 3 is 2.58 bits per heavy atom. The minimum absolute atomic E-state index is 0.00203. The Labute approximate surface area is 149 Å². The summed E-state index contributed by atoms with van der Waals surface area (Å²) < 4.78 is 5.62. The van der Waals surface area contributed by atoms with E-state index in [2.05, 4.69) is 5.32 Å². The normalized spacial score (nSPS) is 12.5. The molecule has 1 aliphatic rings. The van der Waals surface area contributed by atoms with Crippen LogP contribution in [0.15, 0.2) is 54.6 Å². The van der Waals surface area contributed by atoms with Crippen LogP contribution in [0.3, 0.4) is 0 Å². The van der Waals surface area contributed by atoms with E-state index < -0.39 is 10.9 Å². The van der Waals surface area contributed by atoms with E-state index in [1.54, 1.807) is 12.1 Å². The summed E-state index contributed by atoms with van der Waals surface area (Å²) in [6, 6.07) is 15.7. The maximum Gasteiger partial charge on any atom is 0.315 e. The van der Waals surface area contributed by atoms with Crippen molar-refractivity contribution in [1.82, 2.24) is 0 Å². The summed E-state index contributed by atoms with van der Waals surface area (Å²) >= 11 is 0. The number of benzene rings is 3. The van der Waals surface area contributed by atoms with Gasteiger partial charge in [0.05, 0.1) is 11.3 Å². The molecule has 1 aliphatic heterocycles. The van der Waals surface area contributed by atoms with E-state index in [0.29, 0.717) is 11.3 Å². The number of ether oxygens (including phenoxy) is 1. The Bertz CT molecular complexity index is 1010. The van der Waals surface area contributed by atoms with Gasteiger partial charge in [-0.25, -0.2) is 0 Å². The largest absolute Gasteiger partial charge is 0.426 e. The van der Waals surface area contributed by atoms with Crippen LogP contribution >= 0.6 is 0 Å².